The Kier molecular flexibility index (Phi) is 3.27. The molecule has 0 radical (unpaired) electrons. The molecule has 2 heteroatoms. The highest BCUT2D eigenvalue weighted by Gasteiger charge is 2.31. The molecule has 1 rings (SSSR count). The van der Waals surface area contributed by atoms with Gasteiger partial charge in [0.2, 0.25) is 0 Å². The first-order chi connectivity index (χ1) is 5.66. The number of ketones is 1. The molecule has 3 atom stereocenters. The Balaban J connectivity index is 2.51. The summed E-state index contributed by atoms with van der Waals surface area (Å²) in [5.74, 6) is 0.979. The van der Waals surface area contributed by atoms with Crippen LogP contribution >= 0.6 is 0 Å². The first kappa shape index (κ1) is 9.72. The van der Waals surface area contributed by atoms with E-state index in [-0.39, 0.29) is 11.8 Å². The third-order valence-corrected chi connectivity index (χ3v) is 2.99. The van der Waals surface area contributed by atoms with Crippen LogP contribution in [0, 0.1) is 11.8 Å². The van der Waals surface area contributed by atoms with Crippen LogP contribution in [0.4, 0.5) is 0 Å². The van der Waals surface area contributed by atoms with Crippen LogP contribution in [-0.4, -0.2) is 18.4 Å². The molecule has 70 valence electrons. The van der Waals surface area contributed by atoms with Crippen molar-refractivity contribution in [1.29, 1.82) is 0 Å². The number of nitrogens with one attached hydrogen (secondary N) is 1. The number of hydrogen-bond donors (Lipinski definition) is 1. The van der Waals surface area contributed by atoms with E-state index in [2.05, 4.69) is 19.2 Å². The second kappa shape index (κ2) is 4.04. The zero-order chi connectivity index (χ0) is 9.14. The third kappa shape index (κ3) is 1.86. The first-order valence-corrected chi connectivity index (χ1v) is 4.94. The largest absolute Gasteiger partial charge is 0.314 e. The van der Waals surface area contributed by atoms with Gasteiger partial charge in [-0.2, -0.15) is 0 Å². The summed E-state index contributed by atoms with van der Waals surface area (Å²) in [7, 11) is 0. The zero-order valence-electron chi connectivity index (χ0n) is 8.26. The van der Waals surface area contributed by atoms with Crippen molar-refractivity contribution in [2.45, 2.75) is 39.7 Å². The van der Waals surface area contributed by atoms with E-state index in [0.717, 1.165) is 19.4 Å². The summed E-state index contributed by atoms with van der Waals surface area (Å²) in [5.41, 5.74) is 0. The Morgan fingerprint density at radius 1 is 1.67 bits per heavy atom. The molecular formula is C10H19NO. The van der Waals surface area contributed by atoms with Crippen molar-refractivity contribution in [3.8, 4) is 0 Å². The molecule has 0 spiro atoms. The van der Waals surface area contributed by atoms with Gasteiger partial charge in [0.15, 0.2) is 0 Å². The summed E-state index contributed by atoms with van der Waals surface area (Å²) in [6.07, 6.45) is 2.01. The molecule has 1 aliphatic rings. The van der Waals surface area contributed by atoms with Crippen molar-refractivity contribution in [2.75, 3.05) is 6.54 Å². The summed E-state index contributed by atoms with van der Waals surface area (Å²) in [6, 6.07) is 0.395. The highest BCUT2D eigenvalue weighted by molar-refractivity contribution is 5.84. The average Bonchev–Trinajstić information content (AvgIpc) is 2.48. The highest BCUT2D eigenvalue weighted by atomic mass is 16.1. The fourth-order valence-electron chi connectivity index (χ4n) is 1.81. The molecule has 0 aromatic heterocycles. The standard InChI is InChI=1S/C10H19NO/c1-4-7(2)10(12)9-5-6-11-8(9)3/h7-9,11H,4-6H2,1-3H3. The van der Waals surface area contributed by atoms with Gasteiger partial charge in [-0.15, -0.1) is 0 Å². The molecule has 1 saturated heterocycles. The molecule has 2 nitrogen and oxygen atoms in total. The molecule has 0 saturated carbocycles. The molecule has 1 heterocycles. The van der Waals surface area contributed by atoms with Crippen molar-refractivity contribution < 1.29 is 4.79 Å². The Morgan fingerprint density at radius 2 is 2.33 bits per heavy atom. The monoisotopic (exact) mass is 169 g/mol. The molecule has 0 aliphatic carbocycles. The lowest BCUT2D eigenvalue weighted by Crippen LogP contribution is -2.31. The maximum atomic E-state index is 11.7. The summed E-state index contributed by atoms with van der Waals surface area (Å²) in [6.45, 7) is 7.23. The number of carbonyl (C=O) groups is 1. The van der Waals surface area contributed by atoms with Gasteiger partial charge in [0.1, 0.15) is 5.78 Å². The number of carbonyl (C=O) groups excluding carboxylic acids is 1. The van der Waals surface area contributed by atoms with Gasteiger partial charge >= 0.3 is 0 Å². The fraction of sp³-hybridized carbons (Fsp3) is 0.900. The minimum absolute atomic E-state index is 0.248. The van der Waals surface area contributed by atoms with Crippen LogP contribution in [-0.2, 0) is 4.79 Å². The lowest BCUT2D eigenvalue weighted by molar-refractivity contribution is -0.126. The van der Waals surface area contributed by atoms with Crippen LogP contribution in [0.25, 0.3) is 0 Å². The van der Waals surface area contributed by atoms with E-state index in [0.29, 0.717) is 11.8 Å². The molecule has 1 aliphatic heterocycles. The zero-order valence-corrected chi connectivity index (χ0v) is 8.26. The Hall–Kier alpha value is -0.370. The van der Waals surface area contributed by atoms with Gasteiger partial charge in [0, 0.05) is 17.9 Å². The molecule has 1 fully saturated rings. The fourth-order valence-corrected chi connectivity index (χ4v) is 1.81. The third-order valence-electron chi connectivity index (χ3n) is 2.99. The van der Waals surface area contributed by atoms with Gasteiger partial charge in [-0.3, -0.25) is 4.79 Å². The average molecular weight is 169 g/mol. The molecule has 0 aromatic carbocycles. The topological polar surface area (TPSA) is 29.1 Å². The van der Waals surface area contributed by atoms with Crippen LogP contribution in [0.1, 0.15) is 33.6 Å². The lowest BCUT2D eigenvalue weighted by atomic mass is 9.88. The number of Topliss-reactive ketones (excluding diaryl/α,β-unsaturated/α-hetero) is 1. The van der Waals surface area contributed by atoms with Crippen molar-refractivity contribution in [3.63, 3.8) is 0 Å². The normalized spacial score (nSPS) is 31.9. The van der Waals surface area contributed by atoms with Crippen LogP contribution in [0.5, 0.6) is 0 Å². The van der Waals surface area contributed by atoms with Gasteiger partial charge in [0.25, 0.3) is 0 Å². The molecular weight excluding hydrogens is 150 g/mol. The van der Waals surface area contributed by atoms with Gasteiger partial charge in [-0.1, -0.05) is 13.8 Å². The summed E-state index contributed by atoms with van der Waals surface area (Å²) in [4.78, 5) is 11.7. The summed E-state index contributed by atoms with van der Waals surface area (Å²) < 4.78 is 0. The minimum Gasteiger partial charge on any atom is -0.314 e. The van der Waals surface area contributed by atoms with E-state index in [1.807, 2.05) is 6.92 Å². The van der Waals surface area contributed by atoms with Crippen molar-refractivity contribution in [1.82, 2.24) is 5.32 Å². The van der Waals surface area contributed by atoms with Crippen LogP contribution in [0.15, 0.2) is 0 Å². The highest BCUT2D eigenvalue weighted by Crippen LogP contribution is 2.21. The maximum absolute atomic E-state index is 11.7. The minimum atomic E-state index is 0.248. The molecule has 0 amide bonds. The Morgan fingerprint density at radius 3 is 2.75 bits per heavy atom. The van der Waals surface area contributed by atoms with Crippen LogP contribution < -0.4 is 5.32 Å². The van der Waals surface area contributed by atoms with Gasteiger partial charge < -0.3 is 5.32 Å². The quantitative estimate of drug-likeness (QED) is 0.695. The maximum Gasteiger partial charge on any atom is 0.140 e. The van der Waals surface area contributed by atoms with E-state index >= 15 is 0 Å². The summed E-state index contributed by atoms with van der Waals surface area (Å²) >= 11 is 0. The smallest absolute Gasteiger partial charge is 0.140 e. The van der Waals surface area contributed by atoms with Gasteiger partial charge in [0.05, 0.1) is 0 Å². The SMILES string of the molecule is CCC(C)C(=O)C1CCNC1C. The molecule has 0 aromatic rings. The van der Waals surface area contributed by atoms with E-state index in [1.54, 1.807) is 0 Å². The van der Waals surface area contributed by atoms with Gasteiger partial charge in [-0.25, -0.2) is 0 Å². The molecule has 0 bridgehead atoms. The van der Waals surface area contributed by atoms with Crippen LogP contribution in [0.2, 0.25) is 0 Å². The lowest BCUT2D eigenvalue weighted by Gasteiger charge is -2.17. The Labute approximate surface area is 74.7 Å². The van der Waals surface area contributed by atoms with Crippen LogP contribution in [0.3, 0.4) is 0 Å². The van der Waals surface area contributed by atoms with Crippen molar-refractivity contribution >= 4 is 5.78 Å². The summed E-state index contributed by atoms with van der Waals surface area (Å²) in [5, 5.41) is 3.31. The van der Waals surface area contributed by atoms with E-state index in [4.69, 9.17) is 0 Å². The number of hydrogen-bond acceptors (Lipinski definition) is 2. The van der Waals surface area contributed by atoms with Crippen molar-refractivity contribution in [2.24, 2.45) is 11.8 Å². The Bertz CT molecular complexity index is 167. The van der Waals surface area contributed by atoms with Gasteiger partial charge in [-0.05, 0) is 26.3 Å². The predicted molar refractivity (Wildman–Crippen MR) is 50.0 cm³/mol. The predicted octanol–water partition coefficient (Wildman–Crippen LogP) is 1.60. The number of rotatable bonds is 3. The molecule has 12 heavy (non-hydrogen) atoms. The molecule has 1 N–H and O–H groups in total. The van der Waals surface area contributed by atoms with E-state index < -0.39 is 0 Å². The first-order valence-electron chi connectivity index (χ1n) is 4.94. The molecule has 3 unspecified atom stereocenters. The van der Waals surface area contributed by atoms with Crippen molar-refractivity contribution in [3.05, 3.63) is 0 Å². The van der Waals surface area contributed by atoms with E-state index in [1.165, 1.54) is 0 Å². The second-order valence-electron chi connectivity index (χ2n) is 3.85. The van der Waals surface area contributed by atoms with E-state index in [9.17, 15) is 4.79 Å². The second-order valence-corrected chi connectivity index (χ2v) is 3.85.